The zero-order valence-electron chi connectivity index (χ0n) is 10.5. The van der Waals surface area contributed by atoms with Crippen molar-refractivity contribution in [2.45, 2.75) is 6.42 Å². The summed E-state index contributed by atoms with van der Waals surface area (Å²) in [6, 6.07) is 0. The predicted octanol–water partition coefficient (Wildman–Crippen LogP) is -1.39. The molecule has 17 heavy (non-hydrogen) atoms. The van der Waals surface area contributed by atoms with Gasteiger partial charge in [0.1, 0.15) is 0 Å². The summed E-state index contributed by atoms with van der Waals surface area (Å²) >= 11 is 0. The second-order valence-electron chi connectivity index (χ2n) is 3.97. The lowest BCUT2D eigenvalue weighted by Gasteiger charge is -2.28. The fourth-order valence-corrected chi connectivity index (χ4v) is 2.50. The average Bonchev–Trinajstić information content (AvgIpc) is 2.30. The molecule has 1 saturated heterocycles. The number of nitrogens with one attached hydrogen (secondary N) is 2. The molecule has 0 saturated carbocycles. The van der Waals surface area contributed by atoms with Gasteiger partial charge >= 0.3 is 0 Å². The highest BCUT2D eigenvalue weighted by Crippen LogP contribution is 1.99. The van der Waals surface area contributed by atoms with E-state index in [0.29, 0.717) is 32.8 Å². The molecule has 0 spiro atoms. The molecule has 0 unspecified atom stereocenters. The van der Waals surface area contributed by atoms with E-state index in [4.69, 9.17) is 4.74 Å². The minimum absolute atomic E-state index is 0.501. The number of hydrazine groups is 1. The number of ether oxygens (including phenoxy) is 1. The van der Waals surface area contributed by atoms with E-state index in [-0.39, 0.29) is 0 Å². The Kier molecular flexibility index (Phi) is 6.31. The Labute approximate surface area is 103 Å². The summed E-state index contributed by atoms with van der Waals surface area (Å²) in [6.07, 6.45) is 0.789. The van der Waals surface area contributed by atoms with Crippen molar-refractivity contribution in [3.63, 3.8) is 0 Å². The zero-order chi connectivity index (χ0) is 12.7. The van der Waals surface area contributed by atoms with Gasteiger partial charge in [-0.25, -0.2) is 5.01 Å². The zero-order valence-corrected chi connectivity index (χ0v) is 11.3. The van der Waals surface area contributed by atoms with Crippen LogP contribution < -0.4 is 10.1 Å². The van der Waals surface area contributed by atoms with E-state index in [9.17, 15) is 8.42 Å². The van der Waals surface area contributed by atoms with Gasteiger partial charge in [-0.2, -0.15) is 12.7 Å². The minimum atomic E-state index is -3.41. The second kappa shape index (κ2) is 7.24. The maximum atomic E-state index is 11.9. The molecule has 102 valence electrons. The molecule has 0 bridgehead atoms. The maximum absolute atomic E-state index is 11.9. The highest BCUT2D eigenvalue weighted by Gasteiger charge is 2.21. The Bertz CT molecular complexity index is 303. The van der Waals surface area contributed by atoms with Gasteiger partial charge < -0.3 is 10.1 Å². The van der Waals surface area contributed by atoms with Crippen LogP contribution in [0.4, 0.5) is 0 Å². The maximum Gasteiger partial charge on any atom is 0.292 e. The monoisotopic (exact) mass is 266 g/mol. The van der Waals surface area contributed by atoms with E-state index < -0.39 is 10.2 Å². The fourth-order valence-electron chi connectivity index (χ4n) is 1.49. The molecular weight excluding hydrogens is 244 g/mol. The van der Waals surface area contributed by atoms with Crippen LogP contribution >= 0.6 is 0 Å². The van der Waals surface area contributed by atoms with E-state index in [1.165, 1.54) is 4.31 Å². The Morgan fingerprint density at radius 2 is 2.00 bits per heavy atom. The van der Waals surface area contributed by atoms with E-state index in [2.05, 4.69) is 10.1 Å². The van der Waals surface area contributed by atoms with Crippen LogP contribution in [-0.4, -0.2) is 71.2 Å². The first-order chi connectivity index (χ1) is 8.06. The molecule has 2 N–H and O–H groups in total. The molecular formula is C9H22N4O3S. The molecule has 1 rings (SSSR count). The van der Waals surface area contributed by atoms with Gasteiger partial charge in [0.2, 0.25) is 0 Å². The SMILES string of the molecule is CNCCCN(C)S(=O)(=O)NN1CCOCC1. The largest absolute Gasteiger partial charge is 0.379 e. The molecule has 0 amide bonds. The van der Waals surface area contributed by atoms with Gasteiger partial charge in [-0.15, -0.1) is 4.83 Å². The van der Waals surface area contributed by atoms with Crippen LogP contribution in [0.5, 0.6) is 0 Å². The van der Waals surface area contributed by atoms with Crippen LogP contribution in [0.3, 0.4) is 0 Å². The van der Waals surface area contributed by atoms with Crippen LogP contribution in [0.2, 0.25) is 0 Å². The molecule has 0 radical (unpaired) electrons. The van der Waals surface area contributed by atoms with Gasteiger partial charge in [-0.3, -0.25) is 0 Å². The summed E-state index contributed by atoms with van der Waals surface area (Å²) in [7, 11) is 0.0150. The Balaban J connectivity index is 2.37. The standard InChI is InChI=1S/C9H22N4O3S/c1-10-4-3-5-12(2)17(14,15)11-13-6-8-16-9-7-13/h10-11H,3-9H2,1-2H3. The number of rotatable bonds is 7. The highest BCUT2D eigenvalue weighted by molar-refractivity contribution is 7.87. The lowest BCUT2D eigenvalue weighted by molar-refractivity contribution is 0.0263. The summed E-state index contributed by atoms with van der Waals surface area (Å²) in [5, 5.41) is 4.66. The van der Waals surface area contributed by atoms with Gasteiger partial charge in [0.05, 0.1) is 13.2 Å². The average molecular weight is 266 g/mol. The van der Waals surface area contributed by atoms with Crippen LogP contribution in [0.25, 0.3) is 0 Å². The molecule has 0 aliphatic carbocycles. The van der Waals surface area contributed by atoms with Crippen LogP contribution in [-0.2, 0) is 14.9 Å². The molecule has 1 heterocycles. The van der Waals surface area contributed by atoms with Crippen LogP contribution in [0.1, 0.15) is 6.42 Å². The first-order valence-corrected chi connectivity index (χ1v) is 7.21. The van der Waals surface area contributed by atoms with E-state index in [1.54, 1.807) is 12.1 Å². The van der Waals surface area contributed by atoms with Crippen molar-refractivity contribution in [1.29, 1.82) is 0 Å². The van der Waals surface area contributed by atoms with Crippen molar-refractivity contribution in [3.8, 4) is 0 Å². The topological polar surface area (TPSA) is 73.9 Å². The van der Waals surface area contributed by atoms with Crippen LogP contribution in [0, 0.1) is 0 Å². The van der Waals surface area contributed by atoms with E-state index in [0.717, 1.165) is 13.0 Å². The van der Waals surface area contributed by atoms with E-state index >= 15 is 0 Å². The Morgan fingerprint density at radius 1 is 1.35 bits per heavy atom. The lowest BCUT2D eigenvalue weighted by atomic mass is 10.4. The number of nitrogens with zero attached hydrogens (tertiary/aromatic N) is 2. The molecule has 1 aliphatic heterocycles. The lowest BCUT2D eigenvalue weighted by Crippen LogP contribution is -2.52. The molecule has 8 heteroatoms. The van der Waals surface area contributed by atoms with Gasteiger partial charge in [0, 0.05) is 26.7 Å². The quantitative estimate of drug-likeness (QED) is 0.555. The normalized spacial score (nSPS) is 18.8. The number of morpholine rings is 1. The van der Waals surface area contributed by atoms with Gasteiger partial charge in [0.25, 0.3) is 10.2 Å². The molecule has 0 aromatic carbocycles. The number of hydrogen-bond donors (Lipinski definition) is 2. The van der Waals surface area contributed by atoms with Crippen molar-refractivity contribution in [2.75, 3.05) is 53.5 Å². The summed E-state index contributed by atoms with van der Waals surface area (Å²) in [5.74, 6) is 0. The molecule has 1 fully saturated rings. The smallest absolute Gasteiger partial charge is 0.292 e. The first-order valence-electron chi connectivity index (χ1n) is 5.77. The molecule has 1 aliphatic rings. The molecule has 0 aromatic heterocycles. The third-order valence-electron chi connectivity index (χ3n) is 2.57. The minimum Gasteiger partial charge on any atom is -0.379 e. The van der Waals surface area contributed by atoms with Crippen LogP contribution in [0.15, 0.2) is 0 Å². The van der Waals surface area contributed by atoms with Crippen molar-refractivity contribution >= 4 is 10.2 Å². The highest BCUT2D eigenvalue weighted by atomic mass is 32.2. The summed E-state index contributed by atoms with van der Waals surface area (Å²) < 4.78 is 30.3. The first kappa shape index (κ1) is 14.8. The summed E-state index contributed by atoms with van der Waals surface area (Å²) in [4.78, 5) is 2.55. The van der Waals surface area contributed by atoms with Crippen molar-refractivity contribution in [1.82, 2.24) is 19.5 Å². The summed E-state index contributed by atoms with van der Waals surface area (Å²) in [6.45, 7) is 3.60. The molecule has 0 atom stereocenters. The van der Waals surface area contributed by atoms with Crippen molar-refractivity contribution in [2.24, 2.45) is 0 Å². The third kappa shape index (κ3) is 5.28. The molecule has 7 nitrogen and oxygen atoms in total. The molecule has 0 aromatic rings. The van der Waals surface area contributed by atoms with Gasteiger partial charge in [0.15, 0.2) is 0 Å². The Morgan fingerprint density at radius 3 is 2.59 bits per heavy atom. The van der Waals surface area contributed by atoms with Crippen molar-refractivity contribution < 1.29 is 13.2 Å². The number of hydrogen-bond acceptors (Lipinski definition) is 5. The summed E-state index contributed by atoms with van der Waals surface area (Å²) in [5.41, 5.74) is 0. The van der Waals surface area contributed by atoms with Gasteiger partial charge in [-0.1, -0.05) is 0 Å². The second-order valence-corrected chi connectivity index (χ2v) is 5.73. The van der Waals surface area contributed by atoms with E-state index in [1.807, 2.05) is 7.05 Å². The predicted molar refractivity (Wildman–Crippen MR) is 65.6 cm³/mol. The Hall–Kier alpha value is -0.250. The third-order valence-corrected chi connectivity index (χ3v) is 4.06. The van der Waals surface area contributed by atoms with Crippen molar-refractivity contribution in [3.05, 3.63) is 0 Å². The van der Waals surface area contributed by atoms with Gasteiger partial charge in [-0.05, 0) is 20.0 Å². The fraction of sp³-hybridized carbons (Fsp3) is 1.00.